The van der Waals surface area contributed by atoms with Crippen molar-refractivity contribution in [1.29, 1.82) is 0 Å². The Balaban J connectivity index is 0.000000196. The number of hydrogen-bond acceptors (Lipinski definition) is 8. The Labute approximate surface area is 209 Å². The van der Waals surface area contributed by atoms with Crippen LogP contribution in [0.25, 0.3) is 0 Å². The first-order valence-corrected chi connectivity index (χ1v) is 13.5. The van der Waals surface area contributed by atoms with Gasteiger partial charge in [0.15, 0.2) is 0 Å². The van der Waals surface area contributed by atoms with Crippen LogP contribution in [0.1, 0.15) is 58.3 Å². The van der Waals surface area contributed by atoms with Gasteiger partial charge in [0.25, 0.3) is 0 Å². The molecule has 5 N–H and O–H groups in total. The Morgan fingerprint density at radius 1 is 0.857 bits per heavy atom. The van der Waals surface area contributed by atoms with Crippen molar-refractivity contribution in [3.63, 3.8) is 0 Å². The van der Waals surface area contributed by atoms with E-state index >= 15 is 0 Å². The zero-order chi connectivity index (χ0) is 25.4. The molecule has 4 heterocycles. The van der Waals surface area contributed by atoms with Crippen molar-refractivity contribution in [3.05, 3.63) is 0 Å². The smallest absolute Gasteiger partial charge is 0.249 e. The van der Waals surface area contributed by atoms with E-state index in [-0.39, 0.29) is 47.9 Å². The summed E-state index contributed by atoms with van der Waals surface area (Å²) in [6.45, 7) is 2.79. The number of carbonyl (C=O) groups is 6. The van der Waals surface area contributed by atoms with Gasteiger partial charge in [0.2, 0.25) is 35.4 Å². The molecule has 0 radical (unpaired) electrons. The molecule has 4 rings (SSSR count). The maximum atomic E-state index is 11.9. The molecule has 0 aliphatic carbocycles. The summed E-state index contributed by atoms with van der Waals surface area (Å²) in [7, 11) is 0. The van der Waals surface area contributed by atoms with Crippen molar-refractivity contribution in [2.24, 2.45) is 11.8 Å². The summed E-state index contributed by atoms with van der Waals surface area (Å²) in [6, 6.07) is -0.954. The van der Waals surface area contributed by atoms with Crippen LogP contribution in [-0.2, 0) is 28.8 Å². The van der Waals surface area contributed by atoms with Gasteiger partial charge in [-0.1, -0.05) is 0 Å². The van der Waals surface area contributed by atoms with Gasteiger partial charge >= 0.3 is 0 Å². The maximum Gasteiger partial charge on any atom is 0.249 e. The molecule has 194 valence electrons. The van der Waals surface area contributed by atoms with Gasteiger partial charge in [0.05, 0.1) is 5.92 Å². The van der Waals surface area contributed by atoms with Crippen LogP contribution >= 0.6 is 11.8 Å². The second-order valence-corrected chi connectivity index (χ2v) is 10.7. The summed E-state index contributed by atoms with van der Waals surface area (Å²) in [5, 5.41) is 13.1. The quantitative estimate of drug-likeness (QED) is 0.305. The third kappa shape index (κ3) is 8.31. The van der Waals surface area contributed by atoms with E-state index in [2.05, 4.69) is 26.6 Å². The molecule has 0 bridgehead atoms. The second kappa shape index (κ2) is 13.0. The normalized spacial score (nSPS) is 29.4. The average Bonchev–Trinajstić information content (AvgIpc) is 3.25. The van der Waals surface area contributed by atoms with Crippen LogP contribution in [0, 0.1) is 11.8 Å². The fourth-order valence-corrected chi connectivity index (χ4v) is 5.83. The highest BCUT2D eigenvalue weighted by Gasteiger charge is 2.34. The van der Waals surface area contributed by atoms with Crippen molar-refractivity contribution in [1.82, 2.24) is 26.6 Å². The van der Waals surface area contributed by atoms with Crippen LogP contribution in [0.4, 0.5) is 0 Å². The minimum absolute atomic E-state index is 0.0681. The average molecular weight is 510 g/mol. The lowest BCUT2D eigenvalue weighted by atomic mass is 9.98. The topological polar surface area (TPSA) is 163 Å². The van der Waals surface area contributed by atoms with Gasteiger partial charge in [-0.25, -0.2) is 0 Å². The predicted molar refractivity (Wildman–Crippen MR) is 129 cm³/mol. The molecule has 6 amide bonds. The molecule has 4 saturated heterocycles. The molecule has 0 saturated carbocycles. The van der Waals surface area contributed by atoms with E-state index in [0.717, 1.165) is 37.3 Å². The largest absolute Gasteiger partial charge is 0.344 e. The van der Waals surface area contributed by atoms with Crippen molar-refractivity contribution < 1.29 is 28.8 Å². The van der Waals surface area contributed by atoms with E-state index in [1.165, 1.54) is 0 Å². The molecular formula is C23H35N5O6S. The molecule has 4 unspecified atom stereocenters. The number of rotatable bonds is 5. The zero-order valence-corrected chi connectivity index (χ0v) is 20.8. The van der Waals surface area contributed by atoms with Crippen molar-refractivity contribution in [2.75, 3.05) is 18.1 Å². The summed E-state index contributed by atoms with van der Waals surface area (Å²) >= 11 is 1.93. The van der Waals surface area contributed by atoms with Gasteiger partial charge in [-0.3, -0.25) is 39.4 Å². The molecule has 35 heavy (non-hydrogen) atoms. The highest BCUT2D eigenvalue weighted by molar-refractivity contribution is 7.99. The molecular weight excluding hydrogens is 474 g/mol. The monoisotopic (exact) mass is 509 g/mol. The van der Waals surface area contributed by atoms with Gasteiger partial charge in [-0.2, -0.15) is 11.8 Å². The lowest BCUT2D eigenvalue weighted by Gasteiger charge is -2.24. The molecule has 12 heteroatoms. The Bertz CT molecular complexity index is 846. The van der Waals surface area contributed by atoms with Gasteiger partial charge in [0, 0.05) is 25.3 Å². The summed E-state index contributed by atoms with van der Waals surface area (Å²) in [6.07, 6.45) is 4.84. The minimum atomic E-state index is -0.562. The van der Waals surface area contributed by atoms with E-state index < -0.39 is 18.0 Å². The van der Waals surface area contributed by atoms with Crippen LogP contribution in [0.15, 0.2) is 0 Å². The molecule has 0 aromatic carbocycles. The van der Waals surface area contributed by atoms with E-state index in [9.17, 15) is 28.8 Å². The van der Waals surface area contributed by atoms with Crippen molar-refractivity contribution in [3.8, 4) is 0 Å². The fourth-order valence-electron chi connectivity index (χ4n) is 4.62. The van der Waals surface area contributed by atoms with Crippen LogP contribution in [0.2, 0.25) is 0 Å². The number of hydrogen-bond donors (Lipinski definition) is 5. The SMILES string of the molecule is CC1NCCC1C(=O)NC1CCC(=O)NC1=O.O=C1CCC(NC(=O)CC2CCSCC2)C(=O)N1. The number of imide groups is 2. The first-order valence-electron chi connectivity index (χ1n) is 12.3. The summed E-state index contributed by atoms with van der Waals surface area (Å²) in [5.74, 6) is 1.14. The number of piperidine rings is 2. The fraction of sp³-hybridized carbons (Fsp3) is 0.739. The van der Waals surface area contributed by atoms with Crippen LogP contribution in [-0.4, -0.2) is 71.6 Å². The van der Waals surface area contributed by atoms with Crippen LogP contribution < -0.4 is 26.6 Å². The Kier molecular flexibility index (Phi) is 10.1. The van der Waals surface area contributed by atoms with Gasteiger partial charge < -0.3 is 16.0 Å². The third-order valence-electron chi connectivity index (χ3n) is 6.81. The summed E-state index contributed by atoms with van der Waals surface area (Å²) in [5.41, 5.74) is 0. The second-order valence-electron chi connectivity index (χ2n) is 9.48. The first-order chi connectivity index (χ1) is 16.7. The van der Waals surface area contributed by atoms with Gasteiger partial charge in [-0.15, -0.1) is 0 Å². The maximum absolute atomic E-state index is 11.9. The highest BCUT2D eigenvalue weighted by Crippen LogP contribution is 2.25. The molecule has 0 aromatic rings. The number of amides is 6. The molecule has 4 atom stereocenters. The lowest BCUT2D eigenvalue weighted by molar-refractivity contribution is -0.138. The Morgan fingerprint density at radius 3 is 1.94 bits per heavy atom. The molecule has 0 spiro atoms. The van der Waals surface area contributed by atoms with Gasteiger partial charge in [-0.05, 0) is 63.0 Å². The first kappa shape index (κ1) is 27.1. The van der Waals surface area contributed by atoms with E-state index in [0.29, 0.717) is 31.6 Å². The van der Waals surface area contributed by atoms with E-state index in [1.807, 2.05) is 18.7 Å². The summed E-state index contributed by atoms with van der Waals surface area (Å²) in [4.78, 5) is 68.6. The lowest BCUT2D eigenvalue weighted by Crippen LogP contribution is -2.54. The number of carbonyl (C=O) groups excluding carboxylic acids is 6. The number of thioether (sulfide) groups is 1. The standard InChI is InChI=1S/C12H18N2O3S.C11H17N3O3/c15-10-2-1-9(12(17)14-10)13-11(16)7-8-3-5-18-6-4-8;1-6-7(4-5-12-6)10(16)13-8-2-3-9(15)14-11(8)17/h8-9H,1-7H2,(H,13,16)(H,14,15,17);6-8,12H,2-5H2,1H3,(H,13,16)(H,14,15,17). The van der Waals surface area contributed by atoms with Crippen molar-refractivity contribution >= 4 is 47.2 Å². The molecule has 11 nitrogen and oxygen atoms in total. The molecule has 4 aliphatic rings. The van der Waals surface area contributed by atoms with Crippen molar-refractivity contribution in [2.45, 2.75) is 76.4 Å². The van der Waals surface area contributed by atoms with Gasteiger partial charge in [0.1, 0.15) is 12.1 Å². The van der Waals surface area contributed by atoms with Crippen LogP contribution in [0.3, 0.4) is 0 Å². The Hall–Kier alpha value is -2.47. The third-order valence-corrected chi connectivity index (χ3v) is 7.86. The Morgan fingerprint density at radius 2 is 1.43 bits per heavy atom. The molecule has 4 aliphatic heterocycles. The minimum Gasteiger partial charge on any atom is -0.344 e. The highest BCUT2D eigenvalue weighted by atomic mass is 32.2. The molecule has 4 fully saturated rings. The van der Waals surface area contributed by atoms with E-state index in [1.54, 1.807) is 0 Å². The van der Waals surface area contributed by atoms with E-state index in [4.69, 9.17) is 0 Å². The summed E-state index contributed by atoms with van der Waals surface area (Å²) < 4.78 is 0. The zero-order valence-electron chi connectivity index (χ0n) is 20.0. The van der Waals surface area contributed by atoms with Crippen LogP contribution in [0.5, 0.6) is 0 Å². The molecule has 0 aromatic heterocycles. The predicted octanol–water partition coefficient (Wildman–Crippen LogP) is -0.653. The number of nitrogens with one attached hydrogen (secondary N) is 5.